The summed E-state index contributed by atoms with van der Waals surface area (Å²) in [4.78, 5) is 0. The van der Waals surface area contributed by atoms with Crippen LogP contribution in [-0.2, 0) is 4.74 Å². The van der Waals surface area contributed by atoms with Gasteiger partial charge in [0.15, 0.2) is 0 Å². The largest absolute Gasteiger partial charge is 0.379 e. The van der Waals surface area contributed by atoms with E-state index in [4.69, 9.17) is 4.74 Å². The van der Waals surface area contributed by atoms with Gasteiger partial charge in [-0.15, -0.1) is 0 Å². The number of nitrogens with one attached hydrogen (secondary N) is 1. The fourth-order valence-electron chi connectivity index (χ4n) is 3.12. The Balaban J connectivity index is 1.60. The molecule has 5 atom stereocenters. The van der Waals surface area contributed by atoms with Gasteiger partial charge in [0.1, 0.15) is 0 Å². The highest BCUT2D eigenvalue weighted by atomic mass is 16.5. The van der Waals surface area contributed by atoms with Crippen molar-refractivity contribution in [1.29, 1.82) is 0 Å². The van der Waals surface area contributed by atoms with Crippen LogP contribution >= 0.6 is 0 Å². The monoisotopic (exact) mass is 193 g/mol. The summed E-state index contributed by atoms with van der Waals surface area (Å²) in [5.41, 5.74) is 0. The Labute approximate surface area is 85.7 Å². The van der Waals surface area contributed by atoms with Crippen molar-refractivity contribution >= 4 is 0 Å². The first kappa shape index (κ1) is 8.93. The third-order valence-electron chi connectivity index (χ3n) is 4.07. The van der Waals surface area contributed by atoms with E-state index in [9.17, 15) is 0 Å². The molecule has 2 fully saturated rings. The molecule has 1 heterocycles. The lowest BCUT2D eigenvalue weighted by Gasteiger charge is -2.25. The Bertz CT molecular complexity index is 251. The van der Waals surface area contributed by atoms with Crippen LogP contribution in [0.25, 0.3) is 0 Å². The molecular formula is C12H19NO. The molecule has 2 bridgehead atoms. The summed E-state index contributed by atoms with van der Waals surface area (Å²) in [6.07, 6.45) is 7.55. The van der Waals surface area contributed by atoms with Crippen molar-refractivity contribution in [3.63, 3.8) is 0 Å². The number of allylic oxidation sites excluding steroid dienone is 1. The Hall–Kier alpha value is -0.340. The standard InChI is InChI=1S/C12H19NO/c1-8-6-14-7-12(8)13-11-5-9-2-3-10(11)4-9/h2-3,8-13H,4-7H2,1H3. The minimum atomic E-state index is 0.604. The third kappa shape index (κ3) is 1.41. The number of rotatable bonds is 2. The van der Waals surface area contributed by atoms with E-state index in [1.807, 2.05) is 0 Å². The van der Waals surface area contributed by atoms with Gasteiger partial charge in [0, 0.05) is 12.1 Å². The topological polar surface area (TPSA) is 21.3 Å². The summed E-state index contributed by atoms with van der Waals surface area (Å²) in [6.45, 7) is 4.14. The van der Waals surface area contributed by atoms with Crippen molar-refractivity contribution in [1.82, 2.24) is 5.32 Å². The van der Waals surface area contributed by atoms with Crippen molar-refractivity contribution in [2.75, 3.05) is 13.2 Å². The van der Waals surface area contributed by atoms with Crippen LogP contribution in [0.4, 0.5) is 0 Å². The lowest BCUT2D eigenvalue weighted by Crippen LogP contribution is -2.43. The van der Waals surface area contributed by atoms with E-state index in [0.29, 0.717) is 12.0 Å². The molecule has 0 aromatic carbocycles. The maximum absolute atomic E-state index is 5.48. The second-order valence-corrected chi connectivity index (χ2v) is 5.17. The van der Waals surface area contributed by atoms with Crippen LogP contribution in [0, 0.1) is 17.8 Å². The maximum Gasteiger partial charge on any atom is 0.0623 e. The molecule has 3 aliphatic rings. The fourth-order valence-corrected chi connectivity index (χ4v) is 3.12. The second kappa shape index (κ2) is 3.35. The Morgan fingerprint density at radius 1 is 1.14 bits per heavy atom. The lowest BCUT2D eigenvalue weighted by molar-refractivity contribution is 0.182. The number of fused-ring (bicyclic) bond motifs is 2. The van der Waals surface area contributed by atoms with Gasteiger partial charge in [-0.25, -0.2) is 0 Å². The molecule has 3 rings (SSSR count). The summed E-state index contributed by atoms with van der Waals surface area (Å²) in [6, 6.07) is 1.34. The third-order valence-corrected chi connectivity index (χ3v) is 4.07. The van der Waals surface area contributed by atoms with Gasteiger partial charge in [-0.1, -0.05) is 19.1 Å². The summed E-state index contributed by atoms with van der Waals surface area (Å²) < 4.78 is 5.48. The van der Waals surface area contributed by atoms with E-state index in [2.05, 4.69) is 24.4 Å². The van der Waals surface area contributed by atoms with Crippen LogP contribution in [0.2, 0.25) is 0 Å². The smallest absolute Gasteiger partial charge is 0.0623 e. The average molecular weight is 193 g/mol. The normalized spacial score (nSPS) is 50.5. The molecule has 0 aromatic heterocycles. The van der Waals surface area contributed by atoms with Gasteiger partial charge >= 0.3 is 0 Å². The van der Waals surface area contributed by atoms with Crippen molar-refractivity contribution in [2.45, 2.75) is 31.8 Å². The van der Waals surface area contributed by atoms with Gasteiger partial charge in [-0.3, -0.25) is 0 Å². The molecule has 1 aliphatic heterocycles. The minimum absolute atomic E-state index is 0.604. The molecular weight excluding hydrogens is 174 g/mol. The molecule has 2 heteroatoms. The van der Waals surface area contributed by atoms with Gasteiger partial charge in [-0.2, -0.15) is 0 Å². The zero-order valence-electron chi connectivity index (χ0n) is 8.78. The molecule has 1 saturated carbocycles. The molecule has 0 radical (unpaired) electrons. The molecule has 2 nitrogen and oxygen atoms in total. The molecule has 14 heavy (non-hydrogen) atoms. The highest BCUT2D eigenvalue weighted by molar-refractivity contribution is 5.13. The van der Waals surface area contributed by atoms with Gasteiger partial charge in [0.25, 0.3) is 0 Å². The number of hydrogen-bond donors (Lipinski definition) is 1. The van der Waals surface area contributed by atoms with Crippen molar-refractivity contribution in [2.24, 2.45) is 17.8 Å². The number of ether oxygens (including phenoxy) is 1. The van der Waals surface area contributed by atoms with Crippen LogP contribution in [0.5, 0.6) is 0 Å². The Morgan fingerprint density at radius 2 is 2.07 bits per heavy atom. The van der Waals surface area contributed by atoms with E-state index in [0.717, 1.165) is 31.1 Å². The Morgan fingerprint density at radius 3 is 2.64 bits per heavy atom. The number of hydrogen-bond acceptors (Lipinski definition) is 2. The minimum Gasteiger partial charge on any atom is -0.379 e. The van der Waals surface area contributed by atoms with E-state index >= 15 is 0 Å². The quantitative estimate of drug-likeness (QED) is 0.672. The molecule has 0 aromatic rings. The van der Waals surface area contributed by atoms with E-state index in [-0.39, 0.29) is 0 Å². The highest BCUT2D eigenvalue weighted by Gasteiger charge is 2.38. The van der Waals surface area contributed by atoms with Gasteiger partial charge in [-0.05, 0) is 30.6 Å². The Kier molecular flexibility index (Phi) is 2.14. The summed E-state index contributed by atoms with van der Waals surface area (Å²) in [5.74, 6) is 2.38. The van der Waals surface area contributed by atoms with Crippen LogP contribution in [0.15, 0.2) is 12.2 Å². The predicted molar refractivity (Wildman–Crippen MR) is 56.0 cm³/mol. The highest BCUT2D eigenvalue weighted by Crippen LogP contribution is 2.39. The average Bonchev–Trinajstić information content (AvgIpc) is 2.83. The van der Waals surface area contributed by atoms with Crippen LogP contribution in [0.3, 0.4) is 0 Å². The molecule has 5 unspecified atom stereocenters. The van der Waals surface area contributed by atoms with E-state index in [1.165, 1.54) is 12.8 Å². The fraction of sp³-hybridized carbons (Fsp3) is 0.833. The molecule has 2 aliphatic carbocycles. The molecule has 1 saturated heterocycles. The molecule has 0 spiro atoms. The van der Waals surface area contributed by atoms with Crippen LogP contribution in [0.1, 0.15) is 19.8 Å². The second-order valence-electron chi connectivity index (χ2n) is 5.17. The van der Waals surface area contributed by atoms with Crippen molar-refractivity contribution in [3.05, 3.63) is 12.2 Å². The zero-order chi connectivity index (χ0) is 9.54. The van der Waals surface area contributed by atoms with Crippen LogP contribution in [-0.4, -0.2) is 25.3 Å². The van der Waals surface area contributed by atoms with E-state index in [1.54, 1.807) is 0 Å². The summed E-state index contributed by atoms with van der Waals surface area (Å²) in [7, 11) is 0. The summed E-state index contributed by atoms with van der Waals surface area (Å²) >= 11 is 0. The maximum atomic E-state index is 5.48. The van der Waals surface area contributed by atoms with Crippen LogP contribution < -0.4 is 5.32 Å². The lowest BCUT2D eigenvalue weighted by atomic mass is 9.98. The first-order chi connectivity index (χ1) is 6.83. The molecule has 78 valence electrons. The SMILES string of the molecule is CC1COCC1NC1CC2C=CC1C2. The molecule has 0 amide bonds. The van der Waals surface area contributed by atoms with Gasteiger partial charge < -0.3 is 10.1 Å². The first-order valence-corrected chi connectivity index (χ1v) is 5.85. The van der Waals surface area contributed by atoms with Gasteiger partial charge in [0.05, 0.1) is 13.2 Å². The van der Waals surface area contributed by atoms with Crippen molar-refractivity contribution < 1.29 is 4.74 Å². The molecule has 1 N–H and O–H groups in total. The zero-order valence-corrected chi connectivity index (χ0v) is 8.78. The summed E-state index contributed by atoms with van der Waals surface area (Å²) in [5, 5.41) is 3.78. The predicted octanol–water partition coefficient (Wildman–Crippen LogP) is 1.58. The van der Waals surface area contributed by atoms with Crippen molar-refractivity contribution in [3.8, 4) is 0 Å². The van der Waals surface area contributed by atoms with Gasteiger partial charge in [0.2, 0.25) is 0 Å². The first-order valence-electron chi connectivity index (χ1n) is 5.85. The van der Waals surface area contributed by atoms with E-state index < -0.39 is 0 Å².